The molecule has 8 heteroatoms. The molecule has 4 nitrogen and oxygen atoms in total. The average molecular weight is 224 g/mol. The first-order valence-corrected chi connectivity index (χ1v) is 4.69. The number of nitrogens with zero attached hydrogens (tertiary/aromatic N) is 1. The summed E-state index contributed by atoms with van der Waals surface area (Å²) in [5, 5.41) is 2.70. The maximum Gasteiger partial charge on any atom is 0.590 e. The summed E-state index contributed by atoms with van der Waals surface area (Å²) in [4.78, 5) is 0. The van der Waals surface area contributed by atoms with Gasteiger partial charge in [0.15, 0.2) is 0 Å². The molecule has 0 aliphatic carbocycles. The molecule has 0 aromatic heterocycles. The van der Waals surface area contributed by atoms with Crippen LogP contribution < -0.4 is 0 Å². The molecule has 0 aliphatic rings. The zero-order valence-electron chi connectivity index (χ0n) is 5.46. The Morgan fingerprint density at radius 2 is 2.27 bits per heavy atom. The van der Waals surface area contributed by atoms with Gasteiger partial charge in [0, 0.05) is 0 Å². The number of oxime groups is 1. The van der Waals surface area contributed by atoms with E-state index in [2.05, 4.69) is 14.3 Å². The molecular formula is C3H5Cl2FNO3P. The first-order valence-electron chi connectivity index (χ1n) is 2.50. The Morgan fingerprint density at radius 1 is 1.73 bits per heavy atom. The Balaban J connectivity index is 3.93. The molecule has 0 radical (unpaired) electrons. The van der Waals surface area contributed by atoms with Crippen LogP contribution in [-0.2, 0) is 13.7 Å². The second kappa shape index (κ2) is 4.93. The number of hydrogen-bond acceptors (Lipinski definition) is 4. The van der Waals surface area contributed by atoms with Crippen molar-refractivity contribution in [3.8, 4) is 0 Å². The summed E-state index contributed by atoms with van der Waals surface area (Å²) in [5.41, 5.74) is 0. The Hall–Kier alpha value is 0.170. The van der Waals surface area contributed by atoms with Gasteiger partial charge in [0.05, 0.1) is 6.61 Å². The van der Waals surface area contributed by atoms with Crippen LogP contribution in [0, 0.1) is 0 Å². The van der Waals surface area contributed by atoms with Crippen LogP contribution in [0.25, 0.3) is 0 Å². The van der Waals surface area contributed by atoms with Gasteiger partial charge in [-0.25, -0.2) is 4.57 Å². The maximum absolute atomic E-state index is 12.3. The van der Waals surface area contributed by atoms with Gasteiger partial charge in [0.25, 0.3) is 0 Å². The van der Waals surface area contributed by atoms with Gasteiger partial charge in [-0.15, -0.1) is 4.20 Å². The molecule has 0 aromatic carbocycles. The smallest absolute Gasteiger partial charge is 0.286 e. The van der Waals surface area contributed by atoms with Gasteiger partial charge in [-0.05, 0) is 35.3 Å². The van der Waals surface area contributed by atoms with Gasteiger partial charge in [-0.3, -0.25) is 9.15 Å². The SMILES string of the molecule is CCOP(=O)(F)ON=C(Cl)Cl. The van der Waals surface area contributed by atoms with Gasteiger partial charge in [0.1, 0.15) is 0 Å². The third-order valence-electron chi connectivity index (χ3n) is 0.491. The second-order valence-electron chi connectivity index (χ2n) is 1.26. The molecule has 66 valence electrons. The summed E-state index contributed by atoms with van der Waals surface area (Å²) in [7, 11) is -4.60. The first kappa shape index (κ1) is 11.2. The lowest BCUT2D eigenvalue weighted by atomic mass is 10.9. The van der Waals surface area contributed by atoms with Gasteiger partial charge >= 0.3 is 7.91 Å². The van der Waals surface area contributed by atoms with Crippen LogP contribution in [0.15, 0.2) is 5.16 Å². The highest BCUT2D eigenvalue weighted by atomic mass is 35.5. The van der Waals surface area contributed by atoms with Crippen molar-refractivity contribution in [3.63, 3.8) is 0 Å². The third kappa shape index (κ3) is 6.56. The molecule has 0 fully saturated rings. The van der Waals surface area contributed by atoms with Crippen molar-refractivity contribution in [1.29, 1.82) is 0 Å². The fourth-order valence-electron chi connectivity index (χ4n) is 0.257. The number of hydrogen-bond donors (Lipinski definition) is 0. The van der Waals surface area contributed by atoms with Gasteiger partial charge < -0.3 is 0 Å². The van der Waals surface area contributed by atoms with E-state index in [1.165, 1.54) is 6.92 Å². The lowest BCUT2D eigenvalue weighted by Gasteiger charge is -2.02. The molecule has 0 amide bonds. The van der Waals surface area contributed by atoms with E-state index in [0.29, 0.717) is 0 Å². The molecule has 0 aromatic rings. The number of rotatable bonds is 4. The Morgan fingerprint density at radius 3 is 2.64 bits per heavy atom. The minimum atomic E-state index is -4.60. The highest BCUT2D eigenvalue weighted by Crippen LogP contribution is 2.50. The topological polar surface area (TPSA) is 47.9 Å². The standard InChI is InChI=1S/C3H5Cl2FNO3P/c1-2-9-11(6,8)10-7-3(4)5/h2H2,1H3. The zero-order chi connectivity index (χ0) is 8.91. The predicted molar refractivity (Wildman–Crippen MR) is 40.6 cm³/mol. The summed E-state index contributed by atoms with van der Waals surface area (Å²) in [6.45, 7) is 1.35. The van der Waals surface area contributed by atoms with E-state index in [0.717, 1.165) is 0 Å². The molecule has 11 heavy (non-hydrogen) atoms. The van der Waals surface area contributed by atoms with Crippen molar-refractivity contribution < 1.29 is 17.9 Å². The molecular weight excluding hydrogens is 219 g/mol. The van der Waals surface area contributed by atoms with Crippen LogP contribution >= 0.6 is 31.1 Å². The maximum atomic E-state index is 12.3. The molecule has 1 unspecified atom stereocenters. The summed E-state index contributed by atoms with van der Waals surface area (Å²) >= 11 is 9.86. The lowest BCUT2D eigenvalue weighted by Crippen LogP contribution is -1.86. The fourth-order valence-corrected chi connectivity index (χ4v) is 0.957. The molecule has 0 saturated carbocycles. The summed E-state index contributed by atoms with van der Waals surface area (Å²) in [6, 6.07) is 0. The molecule has 0 aliphatic heterocycles. The van der Waals surface area contributed by atoms with E-state index < -0.39 is 12.5 Å². The Kier molecular flexibility index (Phi) is 5.01. The van der Waals surface area contributed by atoms with E-state index in [4.69, 9.17) is 23.2 Å². The lowest BCUT2D eigenvalue weighted by molar-refractivity contribution is 0.188. The van der Waals surface area contributed by atoms with Gasteiger partial charge in [0.2, 0.25) is 4.63 Å². The van der Waals surface area contributed by atoms with Crippen molar-refractivity contribution in [2.75, 3.05) is 6.61 Å². The van der Waals surface area contributed by atoms with Crippen LogP contribution in [0.4, 0.5) is 4.20 Å². The van der Waals surface area contributed by atoms with E-state index in [-0.39, 0.29) is 6.61 Å². The number of halogens is 3. The molecule has 0 saturated heterocycles. The Bertz CT molecular complexity index is 195. The third-order valence-corrected chi connectivity index (χ3v) is 1.47. The minimum Gasteiger partial charge on any atom is -0.286 e. The van der Waals surface area contributed by atoms with E-state index in [1.54, 1.807) is 0 Å². The largest absolute Gasteiger partial charge is 0.590 e. The predicted octanol–water partition coefficient (Wildman–Crippen LogP) is 2.87. The molecule has 0 heterocycles. The highest BCUT2D eigenvalue weighted by Gasteiger charge is 2.24. The normalized spacial score (nSPS) is 15.3. The first-order chi connectivity index (χ1) is 4.98. The molecule has 0 bridgehead atoms. The van der Waals surface area contributed by atoms with Crippen molar-refractivity contribution in [2.45, 2.75) is 6.92 Å². The summed E-state index contributed by atoms with van der Waals surface area (Å²) < 4.78 is 29.9. The molecule has 0 spiro atoms. The van der Waals surface area contributed by atoms with Crippen LogP contribution in [0.2, 0.25) is 0 Å². The van der Waals surface area contributed by atoms with Crippen molar-refractivity contribution in [3.05, 3.63) is 0 Å². The molecule has 1 atom stereocenters. The van der Waals surface area contributed by atoms with Crippen LogP contribution in [-0.4, -0.2) is 11.2 Å². The molecule has 0 rings (SSSR count). The van der Waals surface area contributed by atoms with Crippen molar-refractivity contribution in [1.82, 2.24) is 0 Å². The minimum absolute atomic E-state index is 0.0940. The van der Waals surface area contributed by atoms with Gasteiger partial charge in [-0.1, -0.05) is 0 Å². The zero-order valence-corrected chi connectivity index (χ0v) is 7.87. The summed E-state index contributed by atoms with van der Waals surface area (Å²) in [5.74, 6) is 0. The average Bonchev–Trinajstić information content (AvgIpc) is 1.84. The summed E-state index contributed by atoms with van der Waals surface area (Å²) in [6.07, 6.45) is 0. The van der Waals surface area contributed by atoms with Crippen LogP contribution in [0.1, 0.15) is 6.92 Å². The fraction of sp³-hybridized carbons (Fsp3) is 0.667. The highest BCUT2D eigenvalue weighted by molar-refractivity contribution is 7.48. The second-order valence-corrected chi connectivity index (χ2v) is 3.45. The van der Waals surface area contributed by atoms with Crippen LogP contribution in [0.3, 0.4) is 0 Å². The van der Waals surface area contributed by atoms with Crippen LogP contribution in [0.5, 0.6) is 0 Å². The Labute approximate surface area is 72.9 Å². The van der Waals surface area contributed by atoms with E-state index >= 15 is 0 Å². The van der Waals surface area contributed by atoms with Crippen molar-refractivity contribution >= 4 is 35.7 Å². The van der Waals surface area contributed by atoms with E-state index in [1.807, 2.05) is 0 Å². The quantitative estimate of drug-likeness (QED) is 0.419. The van der Waals surface area contributed by atoms with Crippen molar-refractivity contribution in [2.24, 2.45) is 5.16 Å². The molecule has 0 N–H and O–H groups in total. The monoisotopic (exact) mass is 223 g/mol. The van der Waals surface area contributed by atoms with E-state index in [9.17, 15) is 8.76 Å². The van der Waals surface area contributed by atoms with Gasteiger partial charge in [-0.2, -0.15) is 0 Å².